The maximum absolute atomic E-state index is 12.2. The van der Waals surface area contributed by atoms with E-state index in [1.165, 1.54) is 0 Å². The molecule has 8 nitrogen and oxygen atoms in total. The predicted molar refractivity (Wildman–Crippen MR) is 106 cm³/mol. The molecule has 1 N–H and O–H groups in total. The smallest absolute Gasteiger partial charge is 0.322 e. The highest BCUT2D eigenvalue weighted by atomic mass is 16.5. The summed E-state index contributed by atoms with van der Waals surface area (Å²) in [6.07, 6.45) is 0.171. The molecule has 0 aliphatic rings. The lowest BCUT2D eigenvalue weighted by Gasteiger charge is -2.03. The van der Waals surface area contributed by atoms with Crippen LogP contribution in [0.15, 0.2) is 57.4 Å². The van der Waals surface area contributed by atoms with Crippen molar-refractivity contribution in [3.63, 3.8) is 0 Å². The van der Waals surface area contributed by atoms with Gasteiger partial charge in [0.2, 0.25) is 5.91 Å². The molecular weight excluding hydrogens is 374 g/mol. The maximum Gasteiger partial charge on any atom is 0.322 e. The van der Waals surface area contributed by atoms with Gasteiger partial charge in [0, 0.05) is 5.39 Å². The molecular formula is C21H19N3O5. The summed E-state index contributed by atoms with van der Waals surface area (Å²) >= 11 is 0. The summed E-state index contributed by atoms with van der Waals surface area (Å²) in [4.78, 5) is 12.2. The number of methoxy groups -OCH3 is 1. The lowest BCUT2D eigenvalue weighted by molar-refractivity contribution is -0.115. The van der Waals surface area contributed by atoms with Gasteiger partial charge >= 0.3 is 6.01 Å². The van der Waals surface area contributed by atoms with Crippen LogP contribution in [0.5, 0.6) is 11.5 Å². The monoisotopic (exact) mass is 393 g/mol. The fourth-order valence-electron chi connectivity index (χ4n) is 2.88. The van der Waals surface area contributed by atoms with Crippen LogP contribution in [0.4, 0.5) is 6.01 Å². The highest BCUT2D eigenvalue weighted by Gasteiger charge is 2.17. The fourth-order valence-corrected chi connectivity index (χ4v) is 2.88. The topological polar surface area (TPSA) is 99.6 Å². The Kier molecular flexibility index (Phi) is 5.15. The van der Waals surface area contributed by atoms with Crippen LogP contribution in [0.1, 0.15) is 12.5 Å². The number of carbonyl (C=O) groups is 1. The molecule has 0 spiro atoms. The van der Waals surface area contributed by atoms with Crippen molar-refractivity contribution in [1.82, 2.24) is 10.2 Å². The molecule has 1 amide bonds. The third-order valence-corrected chi connectivity index (χ3v) is 4.21. The first-order chi connectivity index (χ1) is 14.2. The van der Waals surface area contributed by atoms with Crippen molar-refractivity contribution in [2.24, 2.45) is 0 Å². The van der Waals surface area contributed by atoms with E-state index in [4.69, 9.17) is 18.3 Å². The number of para-hydroxylation sites is 1. The van der Waals surface area contributed by atoms with Crippen molar-refractivity contribution in [1.29, 1.82) is 0 Å². The molecule has 0 unspecified atom stereocenters. The second kappa shape index (κ2) is 8.05. The summed E-state index contributed by atoms with van der Waals surface area (Å²) in [7, 11) is 1.59. The van der Waals surface area contributed by atoms with Gasteiger partial charge in [-0.15, -0.1) is 5.10 Å². The van der Waals surface area contributed by atoms with E-state index < -0.39 is 0 Å². The standard InChI is InChI=1S/C21H19N3O5/c1-3-27-16-6-4-5-14-12-17(28-19(14)16)20-23-24-21(29-20)22-18(25)11-13-7-9-15(26-2)10-8-13/h4-10,12H,3,11H2,1-2H3,(H,22,24,25). The second-order valence-corrected chi connectivity index (χ2v) is 6.20. The number of ether oxygens (including phenoxy) is 2. The number of aromatic nitrogens is 2. The Labute approximate surface area is 166 Å². The molecule has 0 aliphatic carbocycles. The quantitative estimate of drug-likeness (QED) is 0.505. The molecule has 2 aromatic carbocycles. The molecule has 2 aromatic heterocycles. The number of nitrogens with zero attached hydrogens (tertiary/aromatic N) is 2. The molecule has 29 heavy (non-hydrogen) atoms. The molecule has 2 heterocycles. The number of hydrogen-bond donors (Lipinski definition) is 1. The normalized spacial score (nSPS) is 10.8. The van der Waals surface area contributed by atoms with Gasteiger partial charge in [-0.2, -0.15) is 0 Å². The van der Waals surface area contributed by atoms with Crippen molar-refractivity contribution in [3.8, 4) is 23.1 Å². The molecule has 8 heteroatoms. The number of benzene rings is 2. The lowest BCUT2D eigenvalue weighted by atomic mass is 10.1. The first-order valence-electron chi connectivity index (χ1n) is 9.08. The molecule has 0 atom stereocenters. The van der Waals surface area contributed by atoms with Crippen LogP contribution in [0.2, 0.25) is 0 Å². The molecule has 4 aromatic rings. The third kappa shape index (κ3) is 4.06. The van der Waals surface area contributed by atoms with Gasteiger partial charge < -0.3 is 18.3 Å². The number of hydrogen-bond acceptors (Lipinski definition) is 7. The largest absolute Gasteiger partial charge is 0.497 e. The summed E-state index contributed by atoms with van der Waals surface area (Å²) < 4.78 is 22.0. The molecule has 0 aliphatic heterocycles. The van der Waals surface area contributed by atoms with Crippen LogP contribution >= 0.6 is 0 Å². The van der Waals surface area contributed by atoms with Crippen molar-refractivity contribution in [2.75, 3.05) is 19.0 Å². The van der Waals surface area contributed by atoms with Crippen LogP contribution in [-0.2, 0) is 11.2 Å². The number of amides is 1. The van der Waals surface area contributed by atoms with Crippen LogP contribution < -0.4 is 14.8 Å². The molecule has 0 bridgehead atoms. The van der Waals surface area contributed by atoms with Crippen molar-refractivity contribution < 1.29 is 23.1 Å². The van der Waals surface area contributed by atoms with Gasteiger partial charge in [0.05, 0.1) is 20.1 Å². The number of nitrogens with one attached hydrogen (secondary N) is 1. The van der Waals surface area contributed by atoms with Gasteiger partial charge in [0.25, 0.3) is 5.89 Å². The molecule has 148 valence electrons. The molecule has 0 fully saturated rings. The van der Waals surface area contributed by atoms with E-state index in [1.54, 1.807) is 25.3 Å². The van der Waals surface area contributed by atoms with Crippen LogP contribution in [-0.4, -0.2) is 29.8 Å². The minimum atomic E-state index is -0.270. The zero-order chi connectivity index (χ0) is 20.2. The van der Waals surface area contributed by atoms with Crippen LogP contribution in [0.3, 0.4) is 0 Å². The molecule has 0 saturated carbocycles. The van der Waals surface area contributed by atoms with Gasteiger partial charge in [-0.3, -0.25) is 10.1 Å². The number of rotatable bonds is 7. The van der Waals surface area contributed by atoms with E-state index in [9.17, 15) is 4.79 Å². The molecule has 4 rings (SSSR count). The summed E-state index contributed by atoms with van der Waals surface area (Å²) in [5.41, 5.74) is 1.44. The first kappa shape index (κ1) is 18.5. The predicted octanol–water partition coefficient (Wildman–Crippen LogP) is 4.07. The highest BCUT2D eigenvalue weighted by Crippen LogP contribution is 2.33. The van der Waals surface area contributed by atoms with Crippen molar-refractivity contribution in [2.45, 2.75) is 13.3 Å². The van der Waals surface area contributed by atoms with Gasteiger partial charge in [-0.05, 0) is 36.8 Å². The Morgan fingerprint density at radius 2 is 1.93 bits per heavy atom. The molecule has 0 saturated heterocycles. The minimum absolute atomic E-state index is 0.00370. The maximum atomic E-state index is 12.2. The van der Waals surface area contributed by atoms with Gasteiger partial charge in [0.1, 0.15) is 5.75 Å². The van der Waals surface area contributed by atoms with E-state index in [0.29, 0.717) is 23.7 Å². The molecule has 0 radical (unpaired) electrons. The van der Waals surface area contributed by atoms with E-state index in [1.807, 2.05) is 37.3 Å². The SMILES string of the molecule is CCOc1cccc2cc(-c3nnc(NC(=O)Cc4ccc(OC)cc4)o3)oc12. The van der Waals surface area contributed by atoms with E-state index >= 15 is 0 Å². The summed E-state index contributed by atoms with van der Waals surface area (Å²) in [5.74, 6) is 1.67. The average Bonchev–Trinajstić information content (AvgIpc) is 3.36. The second-order valence-electron chi connectivity index (χ2n) is 6.20. The van der Waals surface area contributed by atoms with E-state index in [0.717, 1.165) is 16.7 Å². The lowest BCUT2D eigenvalue weighted by Crippen LogP contribution is -2.14. The Morgan fingerprint density at radius 3 is 2.69 bits per heavy atom. The summed E-state index contributed by atoms with van der Waals surface area (Å²) in [5, 5.41) is 11.3. The average molecular weight is 393 g/mol. The Hall–Kier alpha value is -3.81. The Balaban J connectivity index is 1.47. The van der Waals surface area contributed by atoms with Gasteiger partial charge in [-0.1, -0.05) is 29.4 Å². The van der Waals surface area contributed by atoms with Crippen molar-refractivity contribution in [3.05, 3.63) is 54.1 Å². The van der Waals surface area contributed by atoms with Gasteiger partial charge in [0.15, 0.2) is 17.1 Å². The number of furan rings is 1. The number of anilines is 1. The Morgan fingerprint density at radius 1 is 1.10 bits per heavy atom. The highest BCUT2D eigenvalue weighted by molar-refractivity contribution is 5.90. The summed E-state index contributed by atoms with van der Waals surface area (Å²) in [6.45, 7) is 2.43. The third-order valence-electron chi connectivity index (χ3n) is 4.21. The minimum Gasteiger partial charge on any atom is -0.497 e. The van der Waals surface area contributed by atoms with E-state index in [-0.39, 0.29) is 24.2 Å². The van der Waals surface area contributed by atoms with Crippen molar-refractivity contribution >= 4 is 22.9 Å². The zero-order valence-electron chi connectivity index (χ0n) is 16.0. The fraction of sp³-hybridized carbons (Fsp3) is 0.190. The number of carbonyl (C=O) groups excluding carboxylic acids is 1. The summed E-state index contributed by atoms with van der Waals surface area (Å²) in [6, 6.07) is 14.6. The zero-order valence-corrected chi connectivity index (χ0v) is 16.0. The van der Waals surface area contributed by atoms with Gasteiger partial charge in [-0.25, -0.2) is 0 Å². The van der Waals surface area contributed by atoms with E-state index in [2.05, 4.69) is 15.5 Å². The Bertz CT molecular complexity index is 1130. The first-order valence-corrected chi connectivity index (χ1v) is 9.08. The van der Waals surface area contributed by atoms with Crippen LogP contribution in [0, 0.1) is 0 Å². The van der Waals surface area contributed by atoms with Crippen LogP contribution in [0.25, 0.3) is 22.6 Å². The number of fused-ring (bicyclic) bond motifs is 1.